The predicted octanol–water partition coefficient (Wildman–Crippen LogP) is 1.84. The Morgan fingerprint density at radius 2 is 2.16 bits per heavy atom. The van der Waals surface area contributed by atoms with Crippen LogP contribution in [0.25, 0.3) is 0 Å². The molecule has 0 aliphatic carbocycles. The largest absolute Gasteiger partial charge is 0.465 e. The smallest absolute Gasteiger partial charge is 0.337 e. The minimum atomic E-state index is -0.403. The van der Waals surface area contributed by atoms with E-state index in [0.29, 0.717) is 22.8 Å². The van der Waals surface area contributed by atoms with Gasteiger partial charge in [-0.25, -0.2) is 4.79 Å². The molecule has 3 N–H and O–H groups in total. The van der Waals surface area contributed by atoms with E-state index in [2.05, 4.69) is 15.2 Å². The van der Waals surface area contributed by atoms with Crippen molar-refractivity contribution in [2.24, 2.45) is 7.05 Å². The first-order chi connectivity index (χ1) is 9.01. The molecule has 2 aromatic rings. The highest BCUT2D eigenvalue weighted by atomic mass is 16.5. The molecule has 0 unspecified atom stereocenters. The lowest BCUT2D eigenvalue weighted by Crippen LogP contribution is -2.04. The average molecular weight is 260 g/mol. The molecular weight excluding hydrogens is 244 g/mol. The standard InChI is InChI=1S/C13H16N4O2/c1-8-6-12(16-17(8)2)15-11-7-9(13(18)19-3)4-5-10(11)14/h4-7H,14H2,1-3H3,(H,15,16). The Labute approximate surface area is 111 Å². The molecule has 0 amide bonds. The number of anilines is 3. The zero-order chi connectivity index (χ0) is 14.0. The summed E-state index contributed by atoms with van der Waals surface area (Å²) in [5.74, 6) is 0.272. The number of nitrogens with one attached hydrogen (secondary N) is 1. The number of carbonyl (C=O) groups is 1. The second-order valence-corrected chi connectivity index (χ2v) is 4.21. The first-order valence-corrected chi connectivity index (χ1v) is 5.76. The Hall–Kier alpha value is -2.50. The molecular formula is C13H16N4O2. The Bertz CT molecular complexity index is 600. The lowest BCUT2D eigenvalue weighted by atomic mass is 10.1. The second-order valence-electron chi connectivity index (χ2n) is 4.21. The molecule has 0 saturated carbocycles. The molecule has 2 rings (SSSR count). The van der Waals surface area contributed by atoms with Crippen molar-refractivity contribution in [1.82, 2.24) is 9.78 Å². The number of nitrogens with zero attached hydrogens (tertiary/aromatic N) is 2. The minimum absolute atomic E-state index is 0.403. The van der Waals surface area contributed by atoms with Gasteiger partial charge in [0.2, 0.25) is 0 Å². The summed E-state index contributed by atoms with van der Waals surface area (Å²) < 4.78 is 6.43. The third kappa shape index (κ3) is 2.67. The maximum Gasteiger partial charge on any atom is 0.337 e. The van der Waals surface area contributed by atoms with Crippen molar-refractivity contribution in [2.45, 2.75) is 6.92 Å². The molecule has 0 radical (unpaired) electrons. The Balaban J connectivity index is 2.31. The number of aromatic nitrogens is 2. The molecule has 1 aromatic carbocycles. The fraction of sp³-hybridized carbons (Fsp3) is 0.231. The number of esters is 1. The van der Waals surface area contributed by atoms with Crippen LogP contribution in [0, 0.1) is 6.92 Å². The van der Waals surface area contributed by atoms with Crippen molar-refractivity contribution in [3.8, 4) is 0 Å². The first kappa shape index (κ1) is 12.9. The van der Waals surface area contributed by atoms with Gasteiger partial charge in [0.25, 0.3) is 0 Å². The molecule has 1 aromatic heterocycles. The van der Waals surface area contributed by atoms with Crippen LogP contribution < -0.4 is 11.1 Å². The van der Waals surface area contributed by atoms with Gasteiger partial charge >= 0.3 is 5.97 Å². The highest BCUT2D eigenvalue weighted by molar-refractivity contribution is 5.92. The summed E-state index contributed by atoms with van der Waals surface area (Å²) in [5, 5.41) is 7.36. The van der Waals surface area contributed by atoms with E-state index in [9.17, 15) is 4.79 Å². The van der Waals surface area contributed by atoms with Gasteiger partial charge in [0.1, 0.15) is 0 Å². The summed E-state index contributed by atoms with van der Waals surface area (Å²) in [4.78, 5) is 11.5. The third-order valence-electron chi connectivity index (χ3n) is 2.85. The molecule has 0 aliphatic heterocycles. The number of carbonyl (C=O) groups excluding carboxylic acids is 1. The lowest BCUT2D eigenvalue weighted by molar-refractivity contribution is 0.0601. The van der Waals surface area contributed by atoms with Crippen molar-refractivity contribution in [3.05, 3.63) is 35.5 Å². The van der Waals surface area contributed by atoms with E-state index in [4.69, 9.17) is 5.73 Å². The van der Waals surface area contributed by atoms with Crippen LogP contribution in [-0.4, -0.2) is 22.9 Å². The maximum atomic E-state index is 11.5. The summed E-state index contributed by atoms with van der Waals surface area (Å²) in [6.07, 6.45) is 0. The van der Waals surface area contributed by atoms with Gasteiger partial charge < -0.3 is 15.8 Å². The highest BCUT2D eigenvalue weighted by Crippen LogP contribution is 2.24. The van der Waals surface area contributed by atoms with Crippen LogP contribution in [0.3, 0.4) is 0 Å². The SMILES string of the molecule is COC(=O)c1ccc(N)c(Nc2cc(C)n(C)n2)c1. The molecule has 19 heavy (non-hydrogen) atoms. The van der Waals surface area contributed by atoms with Crippen molar-refractivity contribution in [2.75, 3.05) is 18.2 Å². The molecule has 0 aliphatic rings. The number of benzene rings is 1. The van der Waals surface area contributed by atoms with Gasteiger partial charge in [0.05, 0.1) is 24.0 Å². The summed E-state index contributed by atoms with van der Waals surface area (Å²) in [7, 11) is 3.20. The fourth-order valence-electron chi connectivity index (χ4n) is 1.67. The van der Waals surface area contributed by atoms with Crippen molar-refractivity contribution >= 4 is 23.2 Å². The first-order valence-electron chi connectivity index (χ1n) is 5.76. The van der Waals surface area contributed by atoms with Gasteiger partial charge in [0.15, 0.2) is 5.82 Å². The highest BCUT2D eigenvalue weighted by Gasteiger charge is 2.10. The Morgan fingerprint density at radius 3 is 2.74 bits per heavy atom. The predicted molar refractivity (Wildman–Crippen MR) is 73.4 cm³/mol. The van der Waals surface area contributed by atoms with Crippen LogP contribution in [0.15, 0.2) is 24.3 Å². The van der Waals surface area contributed by atoms with E-state index in [-0.39, 0.29) is 0 Å². The van der Waals surface area contributed by atoms with Crippen molar-refractivity contribution < 1.29 is 9.53 Å². The number of hydrogen-bond acceptors (Lipinski definition) is 5. The van der Waals surface area contributed by atoms with Crippen molar-refractivity contribution in [1.29, 1.82) is 0 Å². The van der Waals surface area contributed by atoms with E-state index in [1.165, 1.54) is 7.11 Å². The molecule has 0 saturated heterocycles. The molecule has 100 valence electrons. The molecule has 0 bridgehead atoms. The van der Waals surface area contributed by atoms with Crippen LogP contribution in [0.4, 0.5) is 17.2 Å². The third-order valence-corrected chi connectivity index (χ3v) is 2.85. The number of rotatable bonds is 3. The molecule has 0 fully saturated rings. The van der Waals surface area contributed by atoms with Crippen molar-refractivity contribution in [3.63, 3.8) is 0 Å². The van der Waals surface area contributed by atoms with Crippen LogP contribution in [0.2, 0.25) is 0 Å². The summed E-state index contributed by atoms with van der Waals surface area (Å²) in [6, 6.07) is 6.82. The number of aryl methyl sites for hydroxylation is 2. The summed E-state index contributed by atoms with van der Waals surface area (Å²) >= 11 is 0. The van der Waals surface area contributed by atoms with E-state index >= 15 is 0 Å². The van der Waals surface area contributed by atoms with Gasteiger partial charge in [-0.15, -0.1) is 0 Å². The van der Waals surface area contributed by atoms with Gasteiger partial charge in [-0.05, 0) is 25.1 Å². The van der Waals surface area contributed by atoms with Gasteiger partial charge in [-0.2, -0.15) is 5.10 Å². The minimum Gasteiger partial charge on any atom is -0.465 e. The number of nitrogens with two attached hydrogens (primary N) is 1. The van der Waals surface area contributed by atoms with Crippen LogP contribution in [0.5, 0.6) is 0 Å². The zero-order valence-electron chi connectivity index (χ0n) is 11.1. The number of methoxy groups -OCH3 is 1. The number of nitrogen functional groups attached to an aromatic ring is 1. The lowest BCUT2D eigenvalue weighted by Gasteiger charge is -2.08. The molecule has 0 atom stereocenters. The van der Waals surface area contributed by atoms with Crippen LogP contribution in [0.1, 0.15) is 16.1 Å². The van der Waals surface area contributed by atoms with Gasteiger partial charge in [-0.3, -0.25) is 4.68 Å². The van der Waals surface area contributed by atoms with Crippen LogP contribution >= 0.6 is 0 Å². The fourth-order valence-corrected chi connectivity index (χ4v) is 1.67. The Kier molecular flexibility index (Phi) is 3.41. The quantitative estimate of drug-likeness (QED) is 0.650. The summed E-state index contributed by atoms with van der Waals surface area (Å²) in [5.41, 5.74) is 8.49. The molecule has 6 heteroatoms. The molecule has 1 heterocycles. The zero-order valence-corrected chi connectivity index (χ0v) is 11.1. The van der Waals surface area contributed by atoms with Gasteiger partial charge in [-0.1, -0.05) is 0 Å². The molecule has 0 spiro atoms. The van der Waals surface area contributed by atoms with E-state index in [1.54, 1.807) is 22.9 Å². The van der Waals surface area contributed by atoms with Gasteiger partial charge in [0, 0.05) is 18.8 Å². The monoisotopic (exact) mass is 260 g/mol. The van der Waals surface area contributed by atoms with E-state index in [0.717, 1.165) is 5.69 Å². The normalized spacial score (nSPS) is 10.3. The summed E-state index contributed by atoms with van der Waals surface area (Å²) in [6.45, 7) is 1.95. The maximum absolute atomic E-state index is 11.5. The Morgan fingerprint density at radius 1 is 1.42 bits per heavy atom. The van der Waals surface area contributed by atoms with Crippen LogP contribution in [-0.2, 0) is 11.8 Å². The van der Waals surface area contributed by atoms with E-state index in [1.807, 2.05) is 20.0 Å². The second kappa shape index (κ2) is 5.01. The average Bonchev–Trinajstić information content (AvgIpc) is 2.70. The molecule has 6 nitrogen and oxygen atoms in total. The van der Waals surface area contributed by atoms with E-state index < -0.39 is 5.97 Å². The topological polar surface area (TPSA) is 82.2 Å². The number of ether oxygens (including phenoxy) is 1. The number of hydrogen-bond donors (Lipinski definition) is 2.